The van der Waals surface area contributed by atoms with Crippen LogP contribution in [0.25, 0.3) is 0 Å². The van der Waals surface area contributed by atoms with E-state index in [1.54, 1.807) is 0 Å². The van der Waals surface area contributed by atoms with E-state index in [0.29, 0.717) is 18.6 Å². The quantitative estimate of drug-likeness (QED) is 0.611. The molecule has 2 saturated carbocycles. The van der Waals surface area contributed by atoms with E-state index in [0.717, 1.165) is 23.7 Å². The molecule has 0 bridgehead atoms. The summed E-state index contributed by atoms with van der Waals surface area (Å²) in [5.74, 6) is 2.80. The van der Waals surface area contributed by atoms with Gasteiger partial charge in [-0.1, -0.05) is 19.3 Å². The minimum absolute atomic E-state index is 0.524. The van der Waals surface area contributed by atoms with Gasteiger partial charge in [0, 0.05) is 38.3 Å². The first-order valence-corrected chi connectivity index (χ1v) is 10.9. The highest BCUT2D eigenvalue weighted by molar-refractivity contribution is 5.80. The molecular formula is C20H35N7. The van der Waals surface area contributed by atoms with Gasteiger partial charge in [0.05, 0.1) is 0 Å². The summed E-state index contributed by atoms with van der Waals surface area (Å²) < 4.78 is 2.01. The van der Waals surface area contributed by atoms with E-state index in [1.165, 1.54) is 70.9 Å². The minimum atomic E-state index is 0.524. The fourth-order valence-corrected chi connectivity index (χ4v) is 4.34. The van der Waals surface area contributed by atoms with Crippen LogP contribution in [0.15, 0.2) is 4.99 Å². The van der Waals surface area contributed by atoms with Crippen LogP contribution in [0.5, 0.6) is 0 Å². The van der Waals surface area contributed by atoms with Crippen LogP contribution < -0.4 is 10.6 Å². The summed E-state index contributed by atoms with van der Waals surface area (Å²) in [5, 5.41) is 15.6. The molecule has 7 heteroatoms. The molecule has 0 amide bonds. The third kappa shape index (κ3) is 5.00. The number of piperidine rings is 1. The Bertz CT molecular complexity index is 635. The Morgan fingerprint density at radius 1 is 0.963 bits per heavy atom. The van der Waals surface area contributed by atoms with Gasteiger partial charge in [0.2, 0.25) is 0 Å². The van der Waals surface area contributed by atoms with Crippen LogP contribution in [0.1, 0.15) is 69.4 Å². The van der Waals surface area contributed by atoms with Gasteiger partial charge >= 0.3 is 0 Å². The van der Waals surface area contributed by atoms with Crippen LogP contribution in [-0.4, -0.2) is 56.8 Å². The maximum Gasteiger partial charge on any atom is 0.192 e. The van der Waals surface area contributed by atoms with Crippen LogP contribution in [-0.2, 0) is 13.6 Å². The van der Waals surface area contributed by atoms with Crippen molar-refractivity contribution < 1.29 is 0 Å². The molecule has 0 aromatic carbocycles. The predicted molar refractivity (Wildman–Crippen MR) is 108 cm³/mol. The van der Waals surface area contributed by atoms with Gasteiger partial charge in [-0.3, -0.25) is 0 Å². The van der Waals surface area contributed by atoms with E-state index in [1.807, 2.05) is 18.5 Å². The number of aliphatic imine (C=N–C) groups is 1. The molecule has 1 aromatic heterocycles. The minimum Gasteiger partial charge on any atom is -0.354 e. The first-order valence-electron chi connectivity index (χ1n) is 10.9. The van der Waals surface area contributed by atoms with Crippen molar-refractivity contribution in [3.8, 4) is 0 Å². The lowest BCUT2D eigenvalue weighted by molar-refractivity contribution is 0.119. The van der Waals surface area contributed by atoms with Crippen LogP contribution in [0.4, 0.5) is 0 Å². The monoisotopic (exact) mass is 373 g/mol. The van der Waals surface area contributed by atoms with E-state index >= 15 is 0 Å². The molecule has 0 radical (unpaired) electrons. The van der Waals surface area contributed by atoms with Crippen molar-refractivity contribution in [3.63, 3.8) is 0 Å². The molecule has 150 valence electrons. The number of aromatic nitrogens is 3. The highest BCUT2D eigenvalue weighted by atomic mass is 15.3. The van der Waals surface area contributed by atoms with E-state index in [9.17, 15) is 0 Å². The zero-order valence-electron chi connectivity index (χ0n) is 17.0. The first kappa shape index (κ1) is 18.7. The molecule has 3 fully saturated rings. The van der Waals surface area contributed by atoms with Gasteiger partial charge in [-0.15, -0.1) is 10.2 Å². The molecule has 7 nitrogen and oxygen atoms in total. The normalized spacial score (nSPS) is 23.6. The van der Waals surface area contributed by atoms with Gasteiger partial charge in [-0.2, -0.15) is 0 Å². The molecule has 1 aromatic rings. The second kappa shape index (κ2) is 8.59. The number of guanidine groups is 1. The Hall–Kier alpha value is -1.63. The van der Waals surface area contributed by atoms with Gasteiger partial charge in [0.25, 0.3) is 0 Å². The zero-order valence-corrected chi connectivity index (χ0v) is 17.0. The number of nitrogens with zero attached hydrogens (tertiary/aromatic N) is 5. The third-order valence-corrected chi connectivity index (χ3v) is 6.44. The van der Waals surface area contributed by atoms with Crippen molar-refractivity contribution in [2.75, 3.05) is 13.1 Å². The van der Waals surface area contributed by atoms with Crippen molar-refractivity contribution in [2.45, 2.75) is 89.4 Å². The summed E-state index contributed by atoms with van der Waals surface area (Å²) in [7, 11) is 2.00. The van der Waals surface area contributed by atoms with Gasteiger partial charge in [-0.25, -0.2) is 4.99 Å². The fourth-order valence-electron chi connectivity index (χ4n) is 4.34. The first-order chi connectivity index (χ1) is 13.2. The Morgan fingerprint density at radius 2 is 1.63 bits per heavy atom. The SMILES string of the molecule is Cc1nnc(CN=C(NC2CC2)NC2CCN(C3CCCCC3)CC2)n1C. The van der Waals surface area contributed by atoms with Crippen LogP contribution in [0.2, 0.25) is 0 Å². The standard InChI is InChI=1S/C20H35N7/c1-15-24-25-19(26(15)2)14-21-20(22-16-8-9-16)23-17-10-12-27(13-11-17)18-6-4-3-5-7-18/h16-18H,3-14H2,1-2H3,(H2,21,22,23). The lowest BCUT2D eigenvalue weighted by Crippen LogP contribution is -2.51. The van der Waals surface area contributed by atoms with Crippen molar-refractivity contribution in [3.05, 3.63) is 11.6 Å². The molecule has 0 atom stereocenters. The Kier molecular flexibility index (Phi) is 5.95. The summed E-state index contributed by atoms with van der Waals surface area (Å²) in [6.07, 6.45) is 12.0. The Balaban J connectivity index is 1.30. The molecule has 1 aliphatic heterocycles. The lowest BCUT2D eigenvalue weighted by atomic mass is 9.92. The Morgan fingerprint density at radius 3 is 2.22 bits per heavy atom. The summed E-state index contributed by atoms with van der Waals surface area (Å²) in [6, 6.07) is 1.97. The van der Waals surface area contributed by atoms with Gasteiger partial charge in [-0.05, 0) is 45.4 Å². The van der Waals surface area contributed by atoms with E-state index < -0.39 is 0 Å². The number of rotatable bonds is 5. The Labute approximate surface area is 163 Å². The number of likely N-dealkylation sites (tertiary alicyclic amines) is 1. The lowest BCUT2D eigenvalue weighted by Gasteiger charge is -2.39. The van der Waals surface area contributed by atoms with E-state index in [-0.39, 0.29) is 0 Å². The number of hydrogen-bond donors (Lipinski definition) is 2. The molecule has 0 unspecified atom stereocenters. The second-order valence-corrected chi connectivity index (χ2v) is 8.55. The highest BCUT2D eigenvalue weighted by Gasteiger charge is 2.28. The highest BCUT2D eigenvalue weighted by Crippen LogP contribution is 2.25. The van der Waals surface area contributed by atoms with E-state index in [4.69, 9.17) is 4.99 Å². The molecule has 2 aliphatic carbocycles. The van der Waals surface area contributed by atoms with Crippen molar-refractivity contribution in [2.24, 2.45) is 12.0 Å². The maximum absolute atomic E-state index is 4.81. The summed E-state index contributed by atoms with van der Waals surface area (Å²) in [5.41, 5.74) is 0. The smallest absolute Gasteiger partial charge is 0.192 e. The van der Waals surface area contributed by atoms with Gasteiger partial charge in [0.1, 0.15) is 12.4 Å². The summed E-state index contributed by atoms with van der Waals surface area (Å²) >= 11 is 0. The van der Waals surface area contributed by atoms with Crippen molar-refractivity contribution >= 4 is 5.96 Å². The van der Waals surface area contributed by atoms with Crippen LogP contribution in [0.3, 0.4) is 0 Å². The summed E-state index contributed by atoms with van der Waals surface area (Å²) in [4.78, 5) is 7.55. The molecule has 0 spiro atoms. The van der Waals surface area contributed by atoms with Crippen LogP contribution in [0, 0.1) is 6.92 Å². The molecular weight excluding hydrogens is 338 g/mol. The largest absolute Gasteiger partial charge is 0.354 e. The maximum atomic E-state index is 4.81. The third-order valence-electron chi connectivity index (χ3n) is 6.44. The number of hydrogen-bond acceptors (Lipinski definition) is 4. The molecule has 4 rings (SSSR count). The topological polar surface area (TPSA) is 70.4 Å². The van der Waals surface area contributed by atoms with Crippen LogP contribution >= 0.6 is 0 Å². The van der Waals surface area contributed by atoms with Gasteiger partial charge < -0.3 is 20.1 Å². The summed E-state index contributed by atoms with van der Waals surface area (Å²) in [6.45, 7) is 4.99. The molecule has 1 saturated heterocycles. The zero-order chi connectivity index (χ0) is 18.6. The number of aryl methyl sites for hydroxylation is 1. The predicted octanol–water partition coefficient (Wildman–Crippen LogP) is 2.12. The molecule has 2 N–H and O–H groups in total. The van der Waals surface area contributed by atoms with E-state index in [2.05, 4.69) is 25.7 Å². The molecule has 2 heterocycles. The second-order valence-electron chi connectivity index (χ2n) is 8.55. The fraction of sp³-hybridized carbons (Fsp3) is 0.850. The average Bonchev–Trinajstić information content (AvgIpc) is 3.46. The molecule has 27 heavy (non-hydrogen) atoms. The number of nitrogens with one attached hydrogen (secondary N) is 2. The van der Waals surface area contributed by atoms with Crippen molar-refractivity contribution in [1.29, 1.82) is 0 Å². The van der Waals surface area contributed by atoms with Gasteiger partial charge in [0.15, 0.2) is 11.8 Å². The molecule has 3 aliphatic rings. The average molecular weight is 374 g/mol. The van der Waals surface area contributed by atoms with Crippen molar-refractivity contribution in [1.82, 2.24) is 30.3 Å².